The lowest BCUT2D eigenvalue weighted by atomic mass is 10.1. The maximum atomic E-state index is 13.1. The van der Waals surface area contributed by atoms with E-state index in [1.54, 1.807) is 24.3 Å². The van der Waals surface area contributed by atoms with E-state index in [2.05, 4.69) is 10.6 Å². The number of nitrogens with one attached hydrogen (secondary N) is 2. The highest BCUT2D eigenvalue weighted by Gasteiger charge is 2.25. The van der Waals surface area contributed by atoms with Crippen molar-refractivity contribution in [3.05, 3.63) is 66.3 Å². The molecule has 2 heterocycles. The predicted molar refractivity (Wildman–Crippen MR) is 135 cm³/mol. The number of hydrogen-bond acceptors (Lipinski definition) is 6. The Morgan fingerprint density at radius 1 is 0.909 bits per heavy atom. The molecule has 2 amide bonds. The fourth-order valence-electron chi connectivity index (χ4n) is 3.27. The number of halogens is 2. The Morgan fingerprint density at radius 3 is 2.06 bits per heavy atom. The maximum Gasteiger partial charge on any atom is 0.287 e. The van der Waals surface area contributed by atoms with Crippen LogP contribution in [0.1, 0.15) is 40.1 Å². The van der Waals surface area contributed by atoms with E-state index in [1.807, 2.05) is 20.8 Å². The van der Waals surface area contributed by atoms with Gasteiger partial charge in [0, 0.05) is 22.4 Å². The van der Waals surface area contributed by atoms with Crippen LogP contribution in [-0.2, 0) is 0 Å². The minimum atomic E-state index is -0.506. The van der Waals surface area contributed by atoms with Crippen molar-refractivity contribution in [2.45, 2.75) is 26.3 Å². The summed E-state index contributed by atoms with van der Waals surface area (Å²) in [6, 6.07) is 9.72. The number of carbonyl (C=O) groups excluding carboxylic acids is 2. The minimum Gasteiger partial charge on any atom is -0.347 e. The van der Waals surface area contributed by atoms with Crippen molar-refractivity contribution in [3.8, 4) is 0 Å². The van der Waals surface area contributed by atoms with Gasteiger partial charge in [-0.05, 0) is 26.8 Å². The van der Waals surface area contributed by atoms with E-state index in [-0.39, 0.29) is 21.5 Å². The average molecular weight is 522 g/mol. The van der Waals surface area contributed by atoms with E-state index in [0.29, 0.717) is 35.8 Å². The number of nitro benzene ring substituents is 1. The van der Waals surface area contributed by atoms with Gasteiger partial charge in [-0.15, -0.1) is 22.7 Å². The van der Waals surface area contributed by atoms with Crippen LogP contribution >= 0.6 is 45.9 Å². The smallest absolute Gasteiger partial charge is 0.287 e. The highest BCUT2D eigenvalue weighted by atomic mass is 35.5. The van der Waals surface area contributed by atoms with Gasteiger partial charge in [-0.25, -0.2) is 0 Å². The van der Waals surface area contributed by atoms with Crippen LogP contribution in [0.2, 0.25) is 10.0 Å². The molecule has 0 spiro atoms. The number of amides is 2. The number of rotatable bonds is 4. The van der Waals surface area contributed by atoms with Crippen molar-refractivity contribution in [3.63, 3.8) is 0 Å². The third kappa shape index (κ3) is 4.41. The number of fused-ring (bicyclic) bond motifs is 2. The molecule has 2 aromatic carbocycles. The van der Waals surface area contributed by atoms with Crippen LogP contribution in [0.15, 0.2) is 36.4 Å². The Labute approximate surface area is 206 Å². The van der Waals surface area contributed by atoms with E-state index in [4.69, 9.17) is 23.2 Å². The summed E-state index contributed by atoms with van der Waals surface area (Å²) < 4.78 is 0.967. The van der Waals surface area contributed by atoms with Crippen molar-refractivity contribution in [2.24, 2.45) is 0 Å². The Balaban J connectivity index is 1.73. The molecular formula is C22H17Cl2N3O4S2. The molecule has 2 aromatic heterocycles. The van der Waals surface area contributed by atoms with Crippen molar-refractivity contribution < 1.29 is 14.5 Å². The molecule has 7 nitrogen and oxygen atoms in total. The Kier molecular flexibility index (Phi) is 6.09. The van der Waals surface area contributed by atoms with Gasteiger partial charge in [0.1, 0.15) is 14.5 Å². The van der Waals surface area contributed by atoms with Crippen molar-refractivity contribution in [1.29, 1.82) is 0 Å². The lowest BCUT2D eigenvalue weighted by molar-refractivity contribution is -0.382. The fraction of sp³-hybridized carbons (Fsp3) is 0.182. The van der Waals surface area contributed by atoms with Gasteiger partial charge in [0.25, 0.3) is 17.5 Å². The van der Waals surface area contributed by atoms with Crippen molar-refractivity contribution in [2.75, 3.05) is 5.32 Å². The number of non-ortho nitro benzene ring substituents is 1. The lowest BCUT2D eigenvalue weighted by Crippen LogP contribution is -2.40. The summed E-state index contributed by atoms with van der Waals surface area (Å²) in [5, 5.41) is 18.6. The van der Waals surface area contributed by atoms with Gasteiger partial charge in [-0.2, -0.15) is 0 Å². The minimum absolute atomic E-state index is 0.111. The number of hydrogen-bond donors (Lipinski definition) is 2. The summed E-state index contributed by atoms with van der Waals surface area (Å²) in [4.78, 5) is 37.1. The predicted octanol–water partition coefficient (Wildman–Crippen LogP) is 7.11. The molecule has 0 aliphatic carbocycles. The molecule has 4 rings (SSSR count). The van der Waals surface area contributed by atoms with E-state index >= 15 is 0 Å². The third-order valence-corrected chi connectivity index (χ3v) is 8.11. The molecular weight excluding hydrogens is 505 g/mol. The summed E-state index contributed by atoms with van der Waals surface area (Å²) >= 11 is 15.0. The van der Waals surface area contributed by atoms with Gasteiger partial charge >= 0.3 is 0 Å². The maximum absolute atomic E-state index is 13.1. The topological polar surface area (TPSA) is 101 Å². The molecule has 0 aliphatic rings. The van der Waals surface area contributed by atoms with Crippen LogP contribution in [0, 0.1) is 10.1 Å². The van der Waals surface area contributed by atoms with Crippen LogP contribution in [0.5, 0.6) is 0 Å². The first kappa shape index (κ1) is 23.4. The van der Waals surface area contributed by atoms with Gasteiger partial charge in [-0.1, -0.05) is 47.5 Å². The molecule has 2 N–H and O–H groups in total. The monoisotopic (exact) mass is 521 g/mol. The van der Waals surface area contributed by atoms with Crippen molar-refractivity contribution >= 4 is 89.2 Å². The van der Waals surface area contributed by atoms with E-state index in [9.17, 15) is 19.7 Å². The highest BCUT2D eigenvalue weighted by molar-refractivity contribution is 7.23. The third-order valence-electron chi connectivity index (χ3n) is 4.64. The zero-order valence-corrected chi connectivity index (χ0v) is 20.8. The summed E-state index contributed by atoms with van der Waals surface area (Å²) in [6.07, 6.45) is 0. The molecule has 0 saturated carbocycles. The summed E-state index contributed by atoms with van der Waals surface area (Å²) in [7, 11) is 0. The van der Waals surface area contributed by atoms with E-state index in [1.165, 1.54) is 23.5 Å². The SMILES string of the molecule is CC(C)(C)NC(=O)c1sc2c(NC(=O)c3sc4c([N+](=O)[O-])cccc4c3Cl)cccc2c1Cl. The summed E-state index contributed by atoms with van der Waals surface area (Å²) in [5.74, 6) is -0.806. The summed E-state index contributed by atoms with van der Waals surface area (Å²) in [5.41, 5.74) is -0.0870. The largest absolute Gasteiger partial charge is 0.347 e. The number of nitro groups is 1. The van der Waals surface area contributed by atoms with Gasteiger partial charge in [-0.3, -0.25) is 19.7 Å². The molecule has 0 fully saturated rings. The van der Waals surface area contributed by atoms with E-state index < -0.39 is 16.4 Å². The number of carbonyl (C=O) groups is 2. The second-order valence-electron chi connectivity index (χ2n) is 8.24. The standard InChI is InChI=1S/C22H17Cl2N3O4S2/c1-22(2,3)26-21(29)19-14(23)10-6-4-8-12(16(10)32-19)25-20(28)18-15(24)11-7-5-9-13(27(30)31)17(11)33-18/h4-9H,1-3H3,(H,25,28)(H,26,29). The molecule has 11 heteroatoms. The van der Waals surface area contributed by atoms with Gasteiger partial charge < -0.3 is 10.6 Å². The first-order valence-corrected chi connectivity index (χ1v) is 12.1. The molecule has 0 atom stereocenters. The fourth-order valence-corrected chi connectivity index (χ4v) is 6.24. The molecule has 0 saturated heterocycles. The Bertz CT molecular complexity index is 1450. The average Bonchev–Trinajstić information content (AvgIpc) is 3.25. The number of nitrogens with zero attached hydrogens (tertiary/aromatic N) is 1. The molecule has 0 radical (unpaired) electrons. The van der Waals surface area contributed by atoms with Gasteiger partial charge in [0.15, 0.2) is 0 Å². The number of anilines is 1. The van der Waals surface area contributed by atoms with Crippen molar-refractivity contribution in [1.82, 2.24) is 5.32 Å². The normalized spacial score (nSPS) is 11.7. The molecule has 0 bridgehead atoms. The first-order chi connectivity index (χ1) is 15.5. The first-order valence-electron chi connectivity index (χ1n) is 9.68. The highest BCUT2D eigenvalue weighted by Crippen LogP contribution is 2.42. The molecule has 33 heavy (non-hydrogen) atoms. The lowest BCUT2D eigenvalue weighted by Gasteiger charge is -2.19. The summed E-state index contributed by atoms with van der Waals surface area (Å²) in [6.45, 7) is 5.62. The Hall–Kier alpha value is -2.72. The number of benzene rings is 2. The zero-order valence-electron chi connectivity index (χ0n) is 17.6. The quantitative estimate of drug-likeness (QED) is 0.220. The van der Waals surface area contributed by atoms with Gasteiger partial charge in [0.05, 0.1) is 25.4 Å². The van der Waals surface area contributed by atoms with Crippen LogP contribution in [0.25, 0.3) is 20.2 Å². The second-order valence-corrected chi connectivity index (χ2v) is 11.0. The van der Waals surface area contributed by atoms with Crippen LogP contribution < -0.4 is 10.6 Å². The Morgan fingerprint density at radius 2 is 1.45 bits per heavy atom. The molecule has 4 aromatic rings. The zero-order chi connectivity index (χ0) is 24.1. The van der Waals surface area contributed by atoms with Crippen LogP contribution in [0.4, 0.5) is 11.4 Å². The second kappa shape index (κ2) is 8.57. The van der Waals surface area contributed by atoms with E-state index in [0.717, 1.165) is 11.3 Å². The number of thiophene rings is 2. The van der Waals surface area contributed by atoms with Crippen LogP contribution in [-0.4, -0.2) is 22.3 Å². The molecule has 0 aliphatic heterocycles. The van der Waals surface area contributed by atoms with Crippen LogP contribution in [0.3, 0.4) is 0 Å². The molecule has 0 unspecified atom stereocenters. The molecule has 170 valence electrons. The van der Waals surface area contributed by atoms with Gasteiger partial charge in [0.2, 0.25) is 0 Å².